The smallest absolute Gasteiger partial charge is 0.335 e. The molecule has 214 valence electrons. The number of carbonyl (C=O) groups excluding carboxylic acids is 1. The van der Waals surface area contributed by atoms with Crippen LogP contribution in [-0.2, 0) is 33.3 Å². The van der Waals surface area contributed by atoms with Gasteiger partial charge in [0.15, 0.2) is 25.0 Å². The highest BCUT2D eigenvalue weighted by atomic mass is 16.8. The number of aliphatic hydroxyl groups is 8. The van der Waals surface area contributed by atoms with Gasteiger partial charge in [-0.3, -0.25) is 4.79 Å². The van der Waals surface area contributed by atoms with E-state index in [4.69, 9.17) is 23.7 Å². The summed E-state index contributed by atoms with van der Waals surface area (Å²) in [5.74, 6) is -2.32. The number of carbonyl (C=O) groups is 2. The van der Waals surface area contributed by atoms with Gasteiger partial charge in [-0.15, -0.1) is 0 Å². The minimum absolute atomic E-state index is 0.657. The number of aliphatic hydroxyl groups excluding tert-OH is 8. The molecule has 0 aromatic heterocycles. The van der Waals surface area contributed by atoms with E-state index in [2.05, 4.69) is 5.32 Å². The second-order valence-corrected chi connectivity index (χ2v) is 9.09. The predicted octanol–water partition coefficient (Wildman–Crippen LogP) is -6.31. The number of amides is 1. The molecule has 0 aromatic rings. The molecule has 3 rings (SSSR count). The topological polar surface area (TPSA) is 274 Å². The van der Waals surface area contributed by atoms with Crippen LogP contribution in [0, 0.1) is 0 Å². The molecule has 0 saturated carbocycles. The molecule has 0 aliphatic carbocycles. The van der Waals surface area contributed by atoms with Gasteiger partial charge in [-0.2, -0.15) is 0 Å². The fourth-order valence-electron chi connectivity index (χ4n) is 4.41. The van der Waals surface area contributed by atoms with Gasteiger partial charge in [0.05, 0.1) is 12.7 Å². The Labute approximate surface area is 209 Å². The first-order valence-electron chi connectivity index (χ1n) is 11.4. The lowest BCUT2D eigenvalue weighted by atomic mass is 9.95. The molecular weight excluding hydrogens is 510 g/mol. The zero-order valence-electron chi connectivity index (χ0n) is 19.8. The highest BCUT2D eigenvalue weighted by Gasteiger charge is 2.54. The van der Waals surface area contributed by atoms with Gasteiger partial charge in [0.1, 0.15) is 61.0 Å². The second-order valence-electron chi connectivity index (χ2n) is 9.09. The van der Waals surface area contributed by atoms with Crippen molar-refractivity contribution in [2.24, 2.45) is 0 Å². The third-order valence-electron chi connectivity index (χ3n) is 6.42. The summed E-state index contributed by atoms with van der Waals surface area (Å²) >= 11 is 0. The van der Waals surface area contributed by atoms with Crippen LogP contribution in [-0.4, -0.2) is 156 Å². The summed E-state index contributed by atoms with van der Waals surface area (Å²) in [5, 5.41) is 92.8. The van der Waals surface area contributed by atoms with Crippen LogP contribution in [0.15, 0.2) is 0 Å². The molecule has 17 heteroatoms. The number of rotatable bonds is 7. The molecule has 0 spiro atoms. The Morgan fingerprint density at radius 1 is 0.784 bits per heavy atom. The molecule has 1 unspecified atom stereocenters. The number of aliphatic carboxylic acids is 1. The molecule has 17 nitrogen and oxygen atoms in total. The average Bonchev–Trinajstić information content (AvgIpc) is 2.83. The van der Waals surface area contributed by atoms with Crippen molar-refractivity contribution >= 4 is 11.9 Å². The molecule has 0 bridgehead atoms. The Kier molecular flexibility index (Phi) is 9.78. The number of hydrogen-bond acceptors (Lipinski definition) is 15. The summed E-state index contributed by atoms with van der Waals surface area (Å²) < 4.78 is 27.1. The number of carboxylic acid groups (broad SMARTS) is 1. The van der Waals surface area contributed by atoms with Gasteiger partial charge in [0.25, 0.3) is 0 Å². The molecule has 0 aromatic carbocycles. The SMILES string of the molecule is CC(=O)N[C@H]1[C@H](O[C@@H]2[C@H](O[C@@H]3O[C@H](C(=O)O)[C@@H](O)[C@H](O)[C@H]3O)[C@H](C)OC(O)[C@H]2O)O[C@H](CO)[C@@H](O)[C@@H]1O. The van der Waals surface area contributed by atoms with Crippen molar-refractivity contribution in [3.05, 3.63) is 0 Å². The van der Waals surface area contributed by atoms with Crippen LogP contribution in [0.4, 0.5) is 0 Å². The van der Waals surface area contributed by atoms with E-state index in [0.717, 1.165) is 6.92 Å². The van der Waals surface area contributed by atoms with Gasteiger partial charge in [0, 0.05) is 6.92 Å². The lowest BCUT2D eigenvalue weighted by molar-refractivity contribution is -0.371. The number of nitrogens with one attached hydrogen (secondary N) is 1. The summed E-state index contributed by atoms with van der Waals surface area (Å²) in [5.41, 5.74) is 0. The van der Waals surface area contributed by atoms with Crippen molar-refractivity contribution in [3.63, 3.8) is 0 Å². The van der Waals surface area contributed by atoms with Gasteiger partial charge in [0.2, 0.25) is 5.91 Å². The van der Waals surface area contributed by atoms with Crippen LogP contribution in [0.5, 0.6) is 0 Å². The minimum Gasteiger partial charge on any atom is -0.479 e. The van der Waals surface area contributed by atoms with Crippen molar-refractivity contribution in [1.29, 1.82) is 0 Å². The van der Waals surface area contributed by atoms with Crippen LogP contribution >= 0.6 is 0 Å². The quantitative estimate of drug-likeness (QED) is 0.143. The average molecular weight is 543 g/mol. The van der Waals surface area contributed by atoms with Gasteiger partial charge in [-0.05, 0) is 6.92 Å². The first-order chi connectivity index (χ1) is 17.3. The molecule has 15 atom stereocenters. The van der Waals surface area contributed by atoms with Crippen LogP contribution in [0.2, 0.25) is 0 Å². The van der Waals surface area contributed by atoms with E-state index in [9.17, 15) is 55.5 Å². The summed E-state index contributed by atoms with van der Waals surface area (Å²) in [7, 11) is 0. The summed E-state index contributed by atoms with van der Waals surface area (Å²) in [6.07, 6.45) is -24.2. The van der Waals surface area contributed by atoms with Crippen molar-refractivity contribution in [3.8, 4) is 0 Å². The fourth-order valence-corrected chi connectivity index (χ4v) is 4.41. The van der Waals surface area contributed by atoms with Gasteiger partial charge in [-0.25, -0.2) is 4.79 Å². The Morgan fingerprint density at radius 3 is 1.97 bits per heavy atom. The van der Waals surface area contributed by atoms with E-state index in [1.54, 1.807) is 0 Å². The van der Waals surface area contributed by atoms with Crippen LogP contribution in [0.25, 0.3) is 0 Å². The van der Waals surface area contributed by atoms with E-state index < -0.39 is 111 Å². The molecule has 10 N–H and O–H groups in total. The lowest BCUT2D eigenvalue weighted by Crippen LogP contribution is -2.68. The summed E-state index contributed by atoms with van der Waals surface area (Å²) in [6, 6.07) is -1.43. The van der Waals surface area contributed by atoms with Gasteiger partial charge in [-0.1, -0.05) is 0 Å². The first-order valence-corrected chi connectivity index (χ1v) is 11.4. The number of ether oxygens (including phenoxy) is 5. The van der Waals surface area contributed by atoms with Crippen LogP contribution in [0.1, 0.15) is 13.8 Å². The van der Waals surface area contributed by atoms with Crippen molar-refractivity contribution in [2.45, 2.75) is 106 Å². The van der Waals surface area contributed by atoms with Crippen LogP contribution in [0.3, 0.4) is 0 Å². The largest absolute Gasteiger partial charge is 0.479 e. The van der Waals surface area contributed by atoms with E-state index in [0.29, 0.717) is 0 Å². The lowest BCUT2D eigenvalue weighted by Gasteiger charge is -2.48. The normalized spacial score (nSPS) is 48.9. The van der Waals surface area contributed by atoms with Gasteiger partial charge < -0.3 is 75.0 Å². The van der Waals surface area contributed by atoms with Crippen molar-refractivity contribution in [1.82, 2.24) is 5.32 Å². The molecular formula is C20H33NO16. The Hall–Kier alpha value is -1.58. The number of carboxylic acids is 1. The second kappa shape index (κ2) is 12.1. The molecule has 3 fully saturated rings. The first kappa shape index (κ1) is 30.0. The third kappa shape index (κ3) is 6.19. The van der Waals surface area contributed by atoms with E-state index in [1.165, 1.54) is 6.92 Å². The maximum Gasteiger partial charge on any atom is 0.335 e. The minimum atomic E-state index is -2.00. The zero-order valence-corrected chi connectivity index (χ0v) is 19.8. The molecule has 0 radical (unpaired) electrons. The summed E-state index contributed by atoms with van der Waals surface area (Å²) in [4.78, 5) is 23.1. The maximum atomic E-state index is 11.7. The summed E-state index contributed by atoms with van der Waals surface area (Å²) in [6.45, 7) is 1.70. The Bertz CT molecular complexity index is 802. The molecule has 3 aliphatic rings. The number of hydrogen-bond donors (Lipinski definition) is 10. The van der Waals surface area contributed by atoms with Crippen LogP contribution < -0.4 is 5.32 Å². The zero-order chi connectivity index (χ0) is 27.8. The van der Waals surface area contributed by atoms with Crippen molar-refractivity contribution < 1.29 is 79.2 Å². The maximum absolute atomic E-state index is 11.7. The van der Waals surface area contributed by atoms with E-state index in [-0.39, 0.29) is 0 Å². The van der Waals surface area contributed by atoms with E-state index in [1.807, 2.05) is 0 Å². The Balaban J connectivity index is 1.88. The van der Waals surface area contributed by atoms with Crippen molar-refractivity contribution in [2.75, 3.05) is 6.61 Å². The molecule has 37 heavy (non-hydrogen) atoms. The predicted molar refractivity (Wildman–Crippen MR) is 112 cm³/mol. The third-order valence-corrected chi connectivity index (χ3v) is 6.42. The molecule has 3 aliphatic heterocycles. The fraction of sp³-hybridized carbons (Fsp3) is 0.900. The molecule has 3 saturated heterocycles. The standard InChI is InChI=1S/C20H33NO16/c1-4-14(35-20-12(28)10(26)11(27)16(37-20)17(30)31)15(13(29)18(32)33-4)36-19-7(21-5(2)23)9(25)8(24)6(3-22)34-19/h4,6-16,18-20,22,24-29,32H,3H2,1-2H3,(H,21,23)(H,30,31)/t4-,6+,7+,8+,9+,10-,11-,12+,13-,14+,15-,16-,18?,19-,20+/m0/s1. The highest BCUT2D eigenvalue weighted by Crippen LogP contribution is 2.32. The molecule has 3 heterocycles. The Morgan fingerprint density at radius 2 is 1.41 bits per heavy atom. The monoisotopic (exact) mass is 543 g/mol. The molecule has 1 amide bonds. The highest BCUT2D eigenvalue weighted by molar-refractivity contribution is 5.73. The van der Waals surface area contributed by atoms with Gasteiger partial charge >= 0.3 is 5.97 Å². The van der Waals surface area contributed by atoms with E-state index >= 15 is 0 Å².